The van der Waals surface area contributed by atoms with E-state index in [0.717, 1.165) is 54.7 Å². The minimum absolute atomic E-state index is 0.0412. The summed E-state index contributed by atoms with van der Waals surface area (Å²) in [6.07, 6.45) is 4.01. The Morgan fingerprint density at radius 3 is 2.51 bits per heavy atom. The Hall–Kier alpha value is -3.16. The van der Waals surface area contributed by atoms with Gasteiger partial charge in [-0.1, -0.05) is 12.1 Å². The van der Waals surface area contributed by atoms with E-state index in [9.17, 15) is 14.4 Å². The van der Waals surface area contributed by atoms with Gasteiger partial charge in [0.05, 0.1) is 24.8 Å². The van der Waals surface area contributed by atoms with Gasteiger partial charge in [-0.15, -0.1) is 0 Å². The fourth-order valence-electron chi connectivity index (χ4n) is 6.02. The number of aryl methyl sites for hydroxylation is 2. The third kappa shape index (κ3) is 4.34. The zero-order valence-electron chi connectivity index (χ0n) is 21.0. The predicted molar refractivity (Wildman–Crippen MR) is 130 cm³/mol. The van der Waals surface area contributed by atoms with Crippen molar-refractivity contribution in [2.75, 3.05) is 20.2 Å². The Balaban J connectivity index is 1.28. The SMILES string of the molecule is COC(=O)c1ccc(C2CCCN(C(=O)[C@H]3C[C@H]4C[C@H]4N3C(=O)Cc3c(C)nn(C)c3C)C2)cc1. The van der Waals surface area contributed by atoms with Crippen molar-refractivity contribution in [2.24, 2.45) is 13.0 Å². The minimum atomic E-state index is -0.357. The van der Waals surface area contributed by atoms with Crippen molar-refractivity contribution >= 4 is 17.8 Å². The molecule has 3 heterocycles. The summed E-state index contributed by atoms with van der Waals surface area (Å²) >= 11 is 0. The molecule has 1 saturated carbocycles. The lowest BCUT2D eigenvalue weighted by Gasteiger charge is -2.37. The molecule has 0 N–H and O–H groups in total. The van der Waals surface area contributed by atoms with Crippen LogP contribution in [0.15, 0.2) is 24.3 Å². The van der Waals surface area contributed by atoms with Crippen molar-refractivity contribution in [3.05, 3.63) is 52.3 Å². The van der Waals surface area contributed by atoms with Crippen molar-refractivity contribution in [2.45, 2.75) is 64.0 Å². The molecule has 0 bridgehead atoms. The summed E-state index contributed by atoms with van der Waals surface area (Å²) in [4.78, 5) is 42.7. The number of aromatic nitrogens is 2. The Bertz CT molecular complexity index is 1150. The highest BCUT2D eigenvalue weighted by Crippen LogP contribution is 2.48. The summed E-state index contributed by atoms with van der Waals surface area (Å²) in [5, 5.41) is 4.45. The van der Waals surface area contributed by atoms with Crippen LogP contribution in [-0.2, 0) is 27.8 Å². The van der Waals surface area contributed by atoms with Crippen LogP contribution in [-0.4, -0.2) is 69.6 Å². The first-order chi connectivity index (χ1) is 16.8. The van der Waals surface area contributed by atoms with Gasteiger partial charge in [0.25, 0.3) is 0 Å². The molecule has 1 aromatic carbocycles. The molecule has 8 heteroatoms. The number of nitrogens with zero attached hydrogens (tertiary/aromatic N) is 4. The summed E-state index contributed by atoms with van der Waals surface area (Å²) in [7, 11) is 3.27. The highest BCUT2D eigenvalue weighted by molar-refractivity contribution is 5.90. The lowest BCUT2D eigenvalue weighted by Crippen LogP contribution is -2.52. The van der Waals surface area contributed by atoms with Crippen LogP contribution in [0.1, 0.15) is 64.5 Å². The molecule has 0 spiro atoms. The molecule has 8 nitrogen and oxygen atoms in total. The number of ether oxygens (including phenoxy) is 1. The molecule has 186 valence electrons. The molecule has 1 unspecified atom stereocenters. The van der Waals surface area contributed by atoms with Crippen molar-refractivity contribution < 1.29 is 19.1 Å². The second kappa shape index (κ2) is 9.13. The first-order valence-electron chi connectivity index (χ1n) is 12.6. The number of piperidine rings is 2. The summed E-state index contributed by atoms with van der Waals surface area (Å²) < 4.78 is 6.61. The standard InChI is InChI=1S/C27H34N4O4/c1-16-22(17(2)29(3)28-16)14-25(32)31-23-12-21(23)13-24(31)26(33)30-11-5-6-20(15-30)18-7-9-19(10-8-18)27(34)35-4/h7-10,20-21,23-24H,5-6,11-15H2,1-4H3/t20?,21-,23-,24-/m1/s1. The maximum absolute atomic E-state index is 13.7. The number of methoxy groups -OCH3 is 1. The van der Waals surface area contributed by atoms with Gasteiger partial charge in [0.1, 0.15) is 6.04 Å². The fraction of sp³-hybridized carbons (Fsp3) is 0.556. The van der Waals surface area contributed by atoms with Crippen molar-refractivity contribution in [3.63, 3.8) is 0 Å². The summed E-state index contributed by atoms with van der Waals surface area (Å²) in [5.41, 5.74) is 4.51. The summed E-state index contributed by atoms with van der Waals surface area (Å²) in [6, 6.07) is 7.35. The van der Waals surface area contributed by atoms with Gasteiger partial charge < -0.3 is 14.5 Å². The smallest absolute Gasteiger partial charge is 0.337 e. The zero-order valence-corrected chi connectivity index (χ0v) is 21.0. The Morgan fingerprint density at radius 1 is 1.11 bits per heavy atom. The van der Waals surface area contributed by atoms with Crippen LogP contribution in [0.3, 0.4) is 0 Å². The van der Waals surface area contributed by atoms with E-state index in [4.69, 9.17) is 4.74 Å². The van der Waals surface area contributed by atoms with Gasteiger partial charge in [0, 0.05) is 43.4 Å². The van der Waals surface area contributed by atoms with Crippen molar-refractivity contribution in [1.82, 2.24) is 19.6 Å². The number of esters is 1. The predicted octanol–water partition coefficient (Wildman–Crippen LogP) is 2.76. The molecule has 1 aliphatic carbocycles. The zero-order chi connectivity index (χ0) is 24.9. The number of carbonyl (C=O) groups excluding carboxylic acids is 3. The monoisotopic (exact) mass is 478 g/mol. The average molecular weight is 479 g/mol. The van der Waals surface area contributed by atoms with Gasteiger partial charge in [0.15, 0.2) is 0 Å². The van der Waals surface area contributed by atoms with Crippen LogP contribution >= 0.6 is 0 Å². The van der Waals surface area contributed by atoms with E-state index in [0.29, 0.717) is 24.4 Å². The molecule has 2 aromatic rings. The number of benzene rings is 1. The Kier molecular flexibility index (Phi) is 6.15. The number of carbonyl (C=O) groups is 3. The molecular weight excluding hydrogens is 444 g/mol. The number of rotatable bonds is 5. The van der Waals surface area contributed by atoms with E-state index in [2.05, 4.69) is 5.10 Å². The second-order valence-corrected chi connectivity index (χ2v) is 10.3. The number of fused-ring (bicyclic) bond motifs is 1. The number of hydrogen-bond acceptors (Lipinski definition) is 5. The van der Waals surface area contributed by atoms with Gasteiger partial charge in [-0.05, 0) is 63.1 Å². The Labute approximate surface area is 206 Å². The molecule has 4 atom stereocenters. The minimum Gasteiger partial charge on any atom is -0.465 e. The summed E-state index contributed by atoms with van der Waals surface area (Å²) in [6.45, 7) is 5.30. The van der Waals surface area contributed by atoms with Gasteiger partial charge >= 0.3 is 5.97 Å². The quantitative estimate of drug-likeness (QED) is 0.617. The van der Waals surface area contributed by atoms with E-state index in [1.165, 1.54) is 7.11 Å². The molecular formula is C27H34N4O4. The molecule has 3 aliphatic rings. The number of hydrogen-bond donors (Lipinski definition) is 0. The molecule has 0 radical (unpaired) electrons. The van der Waals surface area contributed by atoms with Crippen LogP contribution in [0, 0.1) is 19.8 Å². The summed E-state index contributed by atoms with van der Waals surface area (Å²) in [5.74, 6) is 0.453. The normalized spacial score (nSPS) is 25.4. The average Bonchev–Trinajstić information content (AvgIpc) is 3.47. The van der Waals surface area contributed by atoms with Crippen LogP contribution in [0.2, 0.25) is 0 Å². The van der Waals surface area contributed by atoms with Crippen LogP contribution in [0.5, 0.6) is 0 Å². The van der Waals surface area contributed by atoms with Crippen LogP contribution < -0.4 is 0 Å². The molecule has 5 rings (SSSR count). The first kappa shape index (κ1) is 23.6. The first-order valence-corrected chi connectivity index (χ1v) is 12.6. The lowest BCUT2D eigenvalue weighted by atomic mass is 9.89. The topological polar surface area (TPSA) is 84.7 Å². The van der Waals surface area contributed by atoms with E-state index in [1.807, 2.05) is 47.5 Å². The molecule has 1 aromatic heterocycles. The van der Waals surface area contributed by atoms with Gasteiger partial charge in [-0.25, -0.2) is 4.79 Å². The largest absolute Gasteiger partial charge is 0.465 e. The lowest BCUT2D eigenvalue weighted by molar-refractivity contribution is -0.145. The maximum atomic E-state index is 13.7. The molecule has 3 fully saturated rings. The van der Waals surface area contributed by atoms with Crippen molar-refractivity contribution in [3.8, 4) is 0 Å². The maximum Gasteiger partial charge on any atom is 0.337 e. The number of amides is 2. The van der Waals surface area contributed by atoms with E-state index in [-0.39, 0.29) is 35.8 Å². The third-order valence-electron chi connectivity index (χ3n) is 8.20. The van der Waals surface area contributed by atoms with E-state index >= 15 is 0 Å². The van der Waals surface area contributed by atoms with Crippen LogP contribution in [0.25, 0.3) is 0 Å². The second-order valence-electron chi connectivity index (χ2n) is 10.3. The molecule has 2 aliphatic heterocycles. The fourth-order valence-corrected chi connectivity index (χ4v) is 6.02. The third-order valence-corrected chi connectivity index (χ3v) is 8.20. The molecule has 2 saturated heterocycles. The highest BCUT2D eigenvalue weighted by Gasteiger charge is 2.56. The van der Waals surface area contributed by atoms with Gasteiger partial charge in [-0.2, -0.15) is 5.10 Å². The van der Waals surface area contributed by atoms with Crippen LogP contribution in [0.4, 0.5) is 0 Å². The Morgan fingerprint density at radius 2 is 1.86 bits per heavy atom. The van der Waals surface area contributed by atoms with Gasteiger partial charge in [-0.3, -0.25) is 14.3 Å². The van der Waals surface area contributed by atoms with Gasteiger partial charge in [0.2, 0.25) is 11.8 Å². The molecule has 35 heavy (non-hydrogen) atoms. The van der Waals surface area contributed by atoms with Crippen molar-refractivity contribution in [1.29, 1.82) is 0 Å². The van der Waals surface area contributed by atoms with E-state index < -0.39 is 0 Å². The molecule has 2 amide bonds. The van der Waals surface area contributed by atoms with E-state index in [1.54, 1.807) is 12.1 Å². The number of likely N-dealkylation sites (tertiary alicyclic amines) is 2. The highest BCUT2D eigenvalue weighted by atomic mass is 16.5.